The fourth-order valence-electron chi connectivity index (χ4n) is 2.26. The number of carbonyl (C=O) groups is 1. The second-order valence-corrected chi connectivity index (χ2v) is 4.90. The Hall–Kier alpha value is -2.95. The van der Waals surface area contributed by atoms with E-state index < -0.39 is 0 Å². The fraction of sp³-hybridized carbons (Fsp3) is 0.118. The van der Waals surface area contributed by atoms with E-state index in [0.717, 1.165) is 16.6 Å². The van der Waals surface area contributed by atoms with Gasteiger partial charge in [0, 0.05) is 6.42 Å². The van der Waals surface area contributed by atoms with Crippen LogP contribution in [0.15, 0.2) is 53.3 Å². The van der Waals surface area contributed by atoms with Gasteiger partial charge in [-0.15, -0.1) is 0 Å². The normalized spacial score (nSPS) is 10.6. The van der Waals surface area contributed by atoms with Crippen molar-refractivity contribution < 1.29 is 9.53 Å². The van der Waals surface area contributed by atoms with Crippen LogP contribution in [0.4, 0.5) is 0 Å². The predicted molar refractivity (Wildman–Crippen MR) is 83.0 cm³/mol. The van der Waals surface area contributed by atoms with Crippen LogP contribution in [0.1, 0.15) is 21.6 Å². The largest absolute Gasteiger partial charge is 0.465 e. The van der Waals surface area contributed by atoms with E-state index in [1.165, 1.54) is 7.11 Å². The highest BCUT2D eigenvalue weighted by Crippen LogP contribution is 2.11. The Kier molecular flexibility index (Phi) is 3.70. The lowest BCUT2D eigenvalue weighted by Gasteiger charge is -2.04. The molecule has 0 unspecified atom stereocenters. The summed E-state index contributed by atoms with van der Waals surface area (Å²) in [6, 6.07) is 14.3. The number of fused-ring (bicyclic) bond motifs is 1. The molecule has 0 aliphatic carbocycles. The molecule has 0 aliphatic heterocycles. The highest BCUT2D eigenvalue weighted by atomic mass is 16.5. The predicted octanol–water partition coefficient (Wildman–Crippen LogP) is 2.30. The molecule has 2 aromatic carbocycles. The minimum Gasteiger partial charge on any atom is -0.465 e. The van der Waals surface area contributed by atoms with Crippen LogP contribution in [-0.2, 0) is 11.2 Å². The Bertz CT molecular complexity index is 882. The van der Waals surface area contributed by atoms with Gasteiger partial charge in [-0.3, -0.25) is 4.79 Å². The molecule has 0 atom stereocenters. The zero-order chi connectivity index (χ0) is 15.5. The standard InChI is InChI=1S/C17H14N2O3/c1-22-17(21)12-8-6-11(7-9-12)10-15-16(20)19-14-5-3-2-4-13(14)18-15/h2-9H,10H2,1H3,(H,19,20). The molecule has 0 radical (unpaired) electrons. The van der Waals surface area contributed by atoms with Crippen LogP contribution < -0.4 is 5.56 Å². The van der Waals surface area contributed by atoms with Gasteiger partial charge in [0.2, 0.25) is 0 Å². The molecule has 1 heterocycles. The van der Waals surface area contributed by atoms with Crippen molar-refractivity contribution in [1.82, 2.24) is 9.97 Å². The van der Waals surface area contributed by atoms with Crippen LogP contribution in [0.25, 0.3) is 11.0 Å². The number of hydrogen-bond acceptors (Lipinski definition) is 4. The van der Waals surface area contributed by atoms with Crippen molar-refractivity contribution >= 4 is 17.0 Å². The second kappa shape index (κ2) is 5.81. The Balaban J connectivity index is 1.91. The molecule has 5 heteroatoms. The van der Waals surface area contributed by atoms with Crippen LogP contribution >= 0.6 is 0 Å². The number of hydrogen-bond donors (Lipinski definition) is 1. The van der Waals surface area contributed by atoms with E-state index >= 15 is 0 Å². The van der Waals surface area contributed by atoms with Gasteiger partial charge in [-0.2, -0.15) is 0 Å². The van der Waals surface area contributed by atoms with Crippen LogP contribution in [0.2, 0.25) is 0 Å². The first kappa shape index (κ1) is 14.0. The SMILES string of the molecule is COC(=O)c1ccc(Cc2nc3ccccc3[nH]c2=O)cc1. The first-order valence-electron chi connectivity index (χ1n) is 6.82. The molecule has 1 aromatic heterocycles. The first-order valence-corrected chi connectivity index (χ1v) is 6.82. The summed E-state index contributed by atoms with van der Waals surface area (Å²) < 4.78 is 4.66. The van der Waals surface area contributed by atoms with Gasteiger partial charge in [0.1, 0.15) is 5.69 Å². The van der Waals surface area contributed by atoms with E-state index in [1.54, 1.807) is 24.3 Å². The molecular formula is C17H14N2O3. The summed E-state index contributed by atoms with van der Waals surface area (Å²) in [5.41, 5.74) is 3.10. The van der Waals surface area contributed by atoms with Crippen molar-refractivity contribution in [1.29, 1.82) is 0 Å². The lowest BCUT2D eigenvalue weighted by molar-refractivity contribution is 0.0600. The molecule has 0 saturated heterocycles. The average molecular weight is 294 g/mol. The fourth-order valence-corrected chi connectivity index (χ4v) is 2.26. The first-order chi connectivity index (χ1) is 10.7. The number of nitrogens with zero attached hydrogens (tertiary/aromatic N) is 1. The number of benzene rings is 2. The average Bonchev–Trinajstić information content (AvgIpc) is 2.55. The number of aromatic amines is 1. The van der Waals surface area contributed by atoms with Crippen molar-refractivity contribution in [3.63, 3.8) is 0 Å². The molecule has 5 nitrogen and oxygen atoms in total. The lowest BCUT2D eigenvalue weighted by Crippen LogP contribution is -2.15. The summed E-state index contributed by atoms with van der Waals surface area (Å²) >= 11 is 0. The zero-order valence-corrected chi connectivity index (χ0v) is 12.0. The summed E-state index contributed by atoms with van der Waals surface area (Å²) in [6.45, 7) is 0. The number of ether oxygens (including phenoxy) is 1. The van der Waals surface area contributed by atoms with Gasteiger partial charge in [-0.1, -0.05) is 24.3 Å². The molecule has 3 aromatic rings. The van der Waals surface area contributed by atoms with Crippen LogP contribution in [-0.4, -0.2) is 23.0 Å². The van der Waals surface area contributed by atoms with Crippen LogP contribution in [0, 0.1) is 0 Å². The van der Waals surface area contributed by atoms with Gasteiger partial charge in [0.25, 0.3) is 5.56 Å². The molecular weight excluding hydrogens is 280 g/mol. The molecule has 1 N–H and O–H groups in total. The number of methoxy groups -OCH3 is 1. The smallest absolute Gasteiger partial charge is 0.337 e. The van der Waals surface area contributed by atoms with Gasteiger partial charge in [0.05, 0.1) is 23.7 Å². The van der Waals surface area contributed by atoms with E-state index in [4.69, 9.17) is 0 Å². The molecule has 3 rings (SSSR count). The van der Waals surface area contributed by atoms with E-state index in [1.807, 2.05) is 24.3 Å². The Labute approximate surface area is 126 Å². The highest BCUT2D eigenvalue weighted by Gasteiger charge is 2.08. The summed E-state index contributed by atoms with van der Waals surface area (Å²) in [7, 11) is 1.34. The molecule has 0 spiro atoms. The van der Waals surface area contributed by atoms with Crippen LogP contribution in [0.5, 0.6) is 0 Å². The number of H-pyrrole nitrogens is 1. The number of esters is 1. The van der Waals surface area contributed by atoms with Crippen molar-refractivity contribution in [2.24, 2.45) is 0 Å². The summed E-state index contributed by atoms with van der Waals surface area (Å²) in [4.78, 5) is 30.7. The Morgan fingerprint density at radius 3 is 2.59 bits per heavy atom. The van der Waals surface area contributed by atoms with E-state index in [-0.39, 0.29) is 11.5 Å². The maximum Gasteiger partial charge on any atom is 0.337 e. The minimum absolute atomic E-state index is 0.198. The van der Waals surface area contributed by atoms with Gasteiger partial charge >= 0.3 is 5.97 Å². The lowest BCUT2D eigenvalue weighted by atomic mass is 10.1. The molecule has 0 bridgehead atoms. The number of nitrogens with one attached hydrogen (secondary N) is 1. The number of carbonyl (C=O) groups excluding carboxylic acids is 1. The third-order valence-electron chi connectivity index (χ3n) is 3.42. The van der Waals surface area contributed by atoms with E-state index in [9.17, 15) is 9.59 Å². The van der Waals surface area contributed by atoms with E-state index in [0.29, 0.717) is 17.7 Å². The summed E-state index contributed by atoms with van der Waals surface area (Å²) in [5.74, 6) is -0.381. The molecule has 0 saturated carbocycles. The zero-order valence-electron chi connectivity index (χ0n) is 12.0. The second-order valence-electron chi connectivity index (χ2n) is 4.90. The van der Waals surface area contributed by atoms with Crippen LogP contribution in [0.3, 0.4) is 0 Å². The molecule has 0 amide bonds. The quantitative estimate of drug-likeness (QED) is 0.752. The summed E-state index contributed by atoms with van der Waals surface area (Å²) in [6.07, 6.45) is 0.404. The van der Waals surface area contributed by atoms with Gasteiger partial charge < -0.3 is 9.72 Å². The molecule has 22 heavy (non-hydrogen) atoms. The van der Waals surface area contributed by atoms with Crippen molar-refractivity contribution in [2.75, 3.05) is 7.11 Å². The third kappa shape index (κ3) is 2.74. The van der Waals surface area contributed by atoms with Crippen molar-refractivity contribution in [3.8, 4) is 0 Å². The molecule has 0 aliphatic rings. The maximum atomic E-state index is 12.1. The monoisotopic (exact) mass is 294 g/mol. The maximum absolute atomic E-state index is 12.1. The van der Waals surface area contributed by atoms with Gasteiger partial charge in [-0.25, -0.2) is 9.78 Å². The van der Waals surface area contributed by atoms with Crippen molar-refractivity contribution in [2.45, 2.75) is 6.42 Å². The number of aromatic nitrogens is 2. The molecule has 110 valence electrons. The third-order valence-corrected chi connectivity index (χ3v) is 3.42. The van der Waals surface area contributed by atoms with Gasteiger partial charge in [-0.05, 0) is 29.8 Å². The van der Waals surface area contributed by atoms with Gasteiger partial charge in [0.15, 0.2) is 0 Å². The number of para-hydroxylation sites is 2. The topological polar surface area (TPSA) is 72.0 Å². The molecule has 0 fully saturated rings. The minimum atomic E-state index is -0.381. The highest BCUT2D eigenvalue weighted by molar-refractivity contribution is 5.89. The summed E-state index contributed by atoms with van der Waals surface area (Å²) in [5, 5.41) is 0. The van der Waals surface area contributed by atoms with E-state index in [2.05, 4.69) is 14.7 Å². The Morgan fingerprint density at radius 1 is 1.14 bits per heavy atom. The number of rotatable bonds is 3. The Morgan fingerprint density at radius 2 is 1.86 bits per heavy atom. The van der Waals surface area contributed by atoms with Crippen molar-refractivity contribution in [3.05, 3.63) is 75.7 Å².